The maximum Gasteiger partial charge on any atom is 0.303 e. The number of carbonyl (C=O) groups is 3. The molecule has 0 spiro atoms. The first-order valence-electron chi connectivity index (χ1n) is 13.2. The van der Waals surface area contributed by atoms with Crippen molar-refractivity contribution in [2.45, 2.75) is 84.1 Å². The second-order valence-corrected chi connectivity index (χ2v) is 10.4. The zero-order valence-corrected chi connectivity index (χ0v) is 22.0. The molecule has 0 atom stereocenters. The highest BCUT2D eigenvalue weighted by Crippen LogP contribution is 2.42. The third kappa shape index (κ3) is 8.33. The summed E-state index contributed by atoms with van der Waals surface area (Å²) in [4.78, 5) is 38.5. The number of carbonyl (C=O) groups excluding carboxylic acids is 2. The summed E-state index contributed by atoms with van der Waals surface area (Å²) in [7, 11) is 0. The van der Waals surface area contributed by atoms with E-state index in [9.17, 15) is 23.2 Å². The standard InChI is InChI=1S/C16H27NO3.C13H9F2NO2/c1-12-4-6-13(7-5-12)17-15(20)16(9-2-3-10-16)11-8-14(18)19;1-8(17)12-6-10(15)7-16-13(12)18-11-4-2-9(14)3-5-11/h12-13H,2-11H2,1H3,(H,17,20)(H,18,19);2-7H,1H3. The highest BCUT2D eigenvalue weighted by Gasteiger charge is 2.41. The number of ketones is 1. The Balaban J connectivity index is 0.000000212. The van der Waals surface area contributed by atoms with Crippen LogP contribution in [0.3, 0.4) is 0 Å². The lowest BCUT2D eigenvalue weighted by atomic mass is 9.79. The van der Waals surface area contributed by atoms with Gasteiger partial charge < -0.3 is 15.2 Å². The van der Waals surface area contributed by atoms with Crippen LogP contribution in [-0.4, -0.2) is 33.8 Å². The topological polar surface area (TPSA) is 106 Å². The monoisotopic (exact) mass is 530 g/mol. The van der Waals surface area contributed by atoms with Crippen LogP contribution in [0.4, 0.5) is 8.78 Å². The molecule has 0 aliphatic heterocycles. The molecular weight excluding hydrogens is 494 g/mol. The van der Waals surface area contributed by atoms with Gasteiger partial charge in [-0.25, -0.2) is 13.8 Å². The predicted molar refractivity (Wildman–Crippen MR) is 138 cm³/mol. The molecule has 4 rings (SSSR count). The summed E-state index contributed by atoms with van der Waals surface area (Å²) in [5.41, 5.74) is -0.360. The van der Waals surface area contributed by atoms with Gasteiger partial charge in [0.1, 0.15) is 17.4 Å². The molecule has 7 nitrogen and oxygen atoms in total. The van der Waals surface area contributed by atoms with E-state index in [2.05, 4.69) is 17.2 Å². The van der Waals surface area contributed by atoms with Gasteiger partial charge in [0.05, 0.1) is 11.8 Å². The van der Waals surface area contributed by atoms with Gasteiger partial charge >= 0.3 is 5.97 Å². The highest BCUT2D eigenvalue weighted by molar-refractivity contribution is 5.96. The van der Waals surface area contributed by atoms with Gasteiger partial charge in [0.15, 0.2) is 5.78 Å². The Morgan fingerprint density at radius 3 is 2.26 bits per heavy atom. The molecule has 206 valence electrons. The first kappa shape index (κ1) is 29.2. The number of amides is 1. The molecule has 2 saturated carbocycles. The molecule has 0 radical (unpaired) electrons. The van der Waals surface area contributed by atoms with Crippen molar-refractivity contribution in [2.75, 3.05) is 0 Å². The first-order valence-corrected chi connectivity index (χ1v) is 13.2. The Morgan fingerprint density at radius 2 is 1.68 bits per heavy atom. The second kappa shape index (κ2) is 13.4. The minimum absolute atomic E-state index is 0.00416. The number of aliphatic carboxylic acids is 1. The predicted octanol–water partition coefficient (Wildman–Crippen LogP) is 6.46. The number of pyridine rings is 1. The average Bonchev–Trinajstić information content (AvgIpc) is 3.37. The maximum atomic E-state index is 13.0. The normalized spacial score (nSPS) is 20.1. The van der Waals surface area contributed by atoms with Crippen molar-refractivity contribution < 1.29 is 33.0 Å². The fourth-order valence-electron chi connectivity index (χ4n) is 5.11. The first-order chi connectivity index (χ1) is 18.1. The van der Waals surface area contributed by atoms with Crippen molar-refractivity contribution in [3.8, 4) is 11.6 Å². The van der Waals surface area contributed by atoms with Gasteiger partial charge in [-0.15, -0.1) is 0 Å². The number of nitrogens with zero attached hydrogens (tertiary/aromatic N) is 1. The fraction of sp³-hybridized carbons (Fsp3) is 0.517. The van der Waals surface area contributed by atoms with Crippen LogP contribution < -0.4 is 10.1 Å². The van der Waals surface area contributed by atoms with Crippen molar-refractivity contribution >= 4 is 17.7 Å². The molecule has 2 N–H and O–H groups in total. The zero-order chi connectivity index (χ0) is 27.7. The number of carboxylic acids is 1. The van der Waals surface area contributed by atoms with Gasteiger partial charge in [0.2, 0.25) is 11.8 Å². The van der Waals surface area contributed by atoms with Gasteiger partial charge in [-0.2, -0.15) is 0 Å². The van der Waals surface area contributed by atoms with E-state index in [1.54, 1.807) is 0 Å². The average molecular weight is 531 g/mol. The lowest BCUT2D eigenvalue weighted by Gasteiger charge is -2.32. The van der Waals surface area contributed by atoms with Crippen molar-refractivity contribution in [3.63, 3.8) is 0 Å². The summed E-state index contributed by atoms with van der Waals surface area (Å²) in [5.74, 6) is -0.970. The number of nitrogens with one attached hydrogen (secondary N) is 1. The number of ether oxygens (including phenoxy) is 1. The molecule has 38 heavy (non-hydrogen) atoms. The molecule has 2 aliphatic carbocycles. The van der Waals surface area contributed by atoms with Crippen molar-refractivity contribution in [1.29, 1.82) is 0 Å². The van der Waals surface area contributed by atoms with E-state index >= 15 is 0 Å². The van der Waals surface area contributed by atoms with E-state index in [4.69, 9.17) is 9.84 Å². The van der Waals surface area contributed by atoms with Gasteiger partial charge in [-0.3, -0.25) is 14.4 Å². The highest BCUT2D eigenvalue weighted by atomic mass is 19.1. The van der Waals surface area contributed by atoms with Crippen LogP contribution >= 0.6 is 0 Å². The minimum atomic E-state index is -0.796. The molecule has 2 aliphatic rings. The largest absolute Gasteiger partial charge is 0.481 e. The lowest BCUT2D eigenvalue weighted by molar-refractivity contribution is -0.139. The summed E-state index contributed by atoms with van der Waals surface area (Å²) in [6, 6.07) is 6.57. The van der Waals surface area contributed by atoms with Crippen molar-refractivity contribution in [3.05, 3.63) is 53.7 Å². The number of carboxylic acid groups (broad SMARTS) is 1. The van der Waals surface area contributed by atoms with E-state index in [-0.39, 0.29) is 29.6 Å². The summed E-state index contributed by atoms with van der Waals surface area (Å²) in [6.45, 7) is 3.55. The van der Waals surface area contributed by atoms with E-state index in [0.717, 1.165) is 56.7 Å². The quantitative estimate of drug-likeness (QED) is 0.380. The molecule has 0 unspecified atom stereocenters. The zero-order valence-electron chi connectivity index (χ0n) is 22.0. The smallest absolute Gasteiger partial charge is 0.303 e. The Hall–Kier alpha value is -3.36. The van der Waals surface area contributed by atoms with Crippen molar-refractivity contribution in [1.82, 2.24) is 10.3 Å². The Kier molecular flexibility index (Phi) is 10.3. The SMILES string of the molecule is CC(=O)c1cc(F)cnc1Oc1ccc(F)cc1.CC1CCC(NC(=O)C2(CCC(=O)O)CCCC2)CC1. The Morgan fingerprint density at radius 1 is 1.05 bits per heavy atom. The number of benzene rings is 1. The van der Waals surface area contributed by atoms with Crippen LogP contribution in [0.2, 0.25) is 0 Å². The molecule has 2 fully saturated rings. The number of hydrogen-bond donors (Lipinski definition) is 2. The van der Waals surface area contributed by atoms with E-state index in [1.807, 2.05) is 0 Å². The fourth-order valence-corrected chi connectivity index (χ4v) is 5.11. The number of hydrogen-bond acceptors (Lipinski definition) is 5. The van der Waals surface area contributed by atoms with Gasteiger partial charge in [0.25, 0.3) is 0 Å². The van der Waals surface area contributed by atoms with Gasteiger partial charge in [0, 0.05) is 17.9 Å². The van der Waals surface area contributed by atoms with Crippen LogP contribution in [0.5, 0.6) is 11.6 Å². The van der Waals surface area contributed by atoms with Gasteiger partial charge in [-0.05, 0) is 88.1 Å². The molecule has 9 heteroatoms. The molecule has 1 aromatic carbocycles. The number of aromatic nitrogens is 1. The molecule has 2 aromatic rings. The molecule has 1 aromatic heterocycles. The Bertz CT molecular complexity index is 1110. The van der Waals surface area contributed by atoms with Gasteiger partial charge in [-0.1, -0.05) is 19.8 Å². The van der Waals surface area contributed by atoms with E-state index in [0.29, 0.717) is 18.2 Å². The lowest BCUT2D eigenvalue weighted by Crippen LogP contribution is -2.45. The number of Topliss-reactive ketones (excluding diaryl/α,β-unsaturated/α-hetero) is 1. The molecule has 1 amide bonds. The molecular formula is C29H36F2N2O5. The van der Waals surface area contributed by atoms with Crippen LogP contribution in [0.15, 0.2) is 36.5 Å². The van der Waals surface area contributed by atoms with Crippen LogP contribution in [-0.2, 0) is 9.59 Å². The third-order valence-corrected chi connectivity index (χ3v) is 7.44. The minimum Gasteiger partial charge on any atom is -0.481 e. The van der Waals surface area contributed by atoms with Crippen molar-refractivity contribution in [2.24, 2.45) is 11.3 Å². The number of rotatable bonds is 8. The molecule has 0 saturated heterocycles. The maximum absolute atomic E-state index is 13.0. The number of halogens is 2. The molecule has 0 bridgehead atoms. The second-order valence-electron chi connectivity index (χ2n) is 10.4. The summed E-state index contributed by atoms with van der Waals surface area (Å²) in [5, 5.41) is 12.1. The van der Waals surface area contributed by atoms with E-state index in [1.165, 1.54) is 44.0 Å². The summed E-state index contributed by atoms with van der Waals surface area (Å²) >= 11 is 0. The third-order valence-electron chi connectivity index (χ3n) is 7.44. The Labute approximate surface area is 222 Å². The van der Waals surface area contributed by atoms with Crippen LogP contribution in [0, 0.1) is 23.0 Å². The van der Waals surface area contributed by atoms with Crippen LogP contribution in [0.25, 0.3) is 0 Å². The van der Waals surface area contributed by atoms with E-state index < -0.39 is 23.0 Å². The summed E-state index contributed by atoms with van der Waals surface area (Å²) in [6.07, 6.45) is 9.88. The van der Waals surface area contributed by atoms with Crippen LogP contribution in [0.1, 0.15) is 88.4 Å². The molecule has 1 heterocycles. The summed E-state index contributed by atoms with van der Waals surface area (Å²) < 4.78 is 31.0.